The lowest BCUT2D eigenvalue weighted by atomic mass is 9.46. The predicted octanol–water partition coefficient (Wildman–Crippen LogP) is 5.36. The van der Waals surface area contributed by atoms with Gasteiger partial charge in [-0.15, -0.1) is 0 Å². The zero-order valence-electron chi connectivity index (χ0n) is 17.1. The van der Waals surface area contributed by atoms with Crippen LogP contribution in [0.25, 0.3) is 0 Å². The molecule has 0 unspecified atom stereocenters. The fourth-order valence-electron chi connectivity index (χ4n) is 6.09. The lowest BCUT2D eigenvalue weighted by molar-refractivity contribution is -0.167. The monoisotopic (exact) mass is 365 g/mol. The highest BCUT2D eigenvalue weighted by Gasteiger charge is 2.57. The summed E-state index contributed by atoms with van der Waals surface area (Å²) < 4.78 is 5.22. The molecular formula is C24H31NO2. The topological polar surface area (TPSA) is 50.1 Å². The highest BCUT2D eigenvalue weighted by Crippen LogP contribution is 2.62. The van der Waals surface area contributed by atoms with Crippen molar-refractivity contribution in [1.82, 2.24) is 0 Å². The molecule has 3 nitrogen and oxygen atoms in total. The van der Waals surface area contributed by atoms with Crippen molar-refractivity contribution in [3.8, 4) is 6.07 Å². The minimum Gasteiger partial charge on any atom is -0.469 e. The second-order valence-corrected chi connectivity index (χ2v) is 8.99. The molecule has 2 aliphatic rings. The maximum absolute atomic E-state index is 12.7. The minimum atomic E-state index is -0.426. The fraction of sp³-hybridized carbons (Fsp3) is 0.583. The third kappa shape index (κ3) is 3.10. The van der Waals surface area contributed by atoms with Crippen LogP contribution in [0.15, 0.2) is 30.4 Å². The normalized spacial score (nSPS) is 33.1. The first-order valence-electron chi connectivity index (χ1n) is 10.0. The molecule has 0 aliphatic heterocycles. The van der Waals surface area contributed by atoms with Gasteiger partial charge < -0.3 is 4.74 Å². The molecule has 4 atom stereocenters. The van der Waals surface area contributed by atoms with Crippen molar-refractivity contribution in [3.05, 3.63) is 47.0 Å². The number of hydrogen-bond acceptors (Lipinski definition) is 3. The van der Waals surface area contributed by atoms with E-state index < -0.39 is 5.41 Å². The highest BCUT2D eigenvalue weighted by molar-refractivity contribution is 5.77. The van der Waals surface area contributed by atoms with Gasteiger partial charge >= 0.3 is 5.97 Å². The SMILES string of the molecule is C=C1CC[C@@H]2[C@](C)(CCC[C@]2(C)C(=O)OC)[C@H]1Cc1c(C)cccc1C#N. The predicted molar refractivity (Wildman–Crippen MR) is 107 cm³/mol. The maximum atomic E-state index is 12.7. The van der Waals surface area contributed by atoms with Gasteiger partial charge in [-0.25, -0.2) is 0 Å². The average molecular weight is 366 g/mol. The second-order valence-electron chi connectivity index (χ2n) is 8.99. The van der Waals surface area contributed by atoms with Crippen molar-refractivity contribution in [2.45, 2.75) is 59.3 Å². The Kier molecular flexibility index (Phi) is 5.21. The molecule has 3 heteroatoms. The number of ether oxygens (including phenoxy) is 1. The summed E-state index contributed by atoms with van der Waals surface area (Å²) in [7, 11) is 1.51. The van der Waals surface area contributed by atoms with Crippen LogP contribution in [0, 0.1) is 40.9 Å². The number of fused-ring (bicyclic) bond motifs is 1. The van der Waals surface area contributed by atoms with E-state index in [-0.39, 0.29) is 23.2 Å². The molecule has 1 aromatic carbocycles. The van der Waals surface area contributed by atoms with Crippen molar-refractivity contribution >= 4 is 5.97 Å². The number of nitriles is 1. The van der Waals surface area contributed by atoms with E-state index in [0.717, 1.165) is 49.7 Å². The van der Waals surface area contributed by atoms with E-state index in [1.54, 1.807) is 0 Å². The van der Waals surface area contributed by atoms with E-state index in [9.17, 15) is 10.1 Å². The molecular weight excluding hydrogens is 334 g/mol. The molecule has 3 rings (SSSR count). The summed E-state index contributed by atoms with van der Waals surface area (Å²) in [6, 6.07) is 8.31. The molecule has 1 aromatic rings. The van der Waals surface area contributed by atoms with Gasteiger partial charge in [0.05, 0.1) is 24.2 Å². The van der Waals surface area contributed by atoms with Gasteiger partial charge in [-0.1, -0.05) is 37.6 Å². The summed E-state index contributed by atoms with van der Waals surface area (Å²) in [4.78, 5) is 12.7. The van der Waals surface area contributed by atoms with Gasteiger partial charge in [0, 0.05) is 0 Å². The molecule has 27 heavy (non-hydrogen) atoms. The summed E-state index contributed by atoms with van der Waals surface area (Å²) in [5, 5.41) is 9.59. The Morgan fingerprint density at radius 1 is 1.37 bits per heavy atom. The quantitative estimate of drug-likeness (QED) is 0.535. The van der Waals surface area contributed by atoms with E-state index in [0.29, 0.717) is 0 Å². The van der Waals surface area contributed by atoms with Gasteiger partial charge in [0.25, 0.3) is 0 Å². The van der Waals surface area contributed by atoms with Gasteiger partial charge in [0.1, 0.15) is 0 Å². The van der Waals surface area contributed by atoms with E-state index in [1.807, 2.05) is 12.1 Å². The van der Waals surface area contributed by atoms with Crippen molar-refractivity contribution in [2.75, 3.05) is 7.11 Å². The number of allylic oxidation sites excluding steroid dienone is 1. The van der Waals surface area contributed by atoms with E-state index in [2.05, 4.69) is 39.5 Å². The number of esters is 1. The first kappa shape index (κ1) is 19.7. The van der Waals surface area contributed by atoms with Crippen molar-refractivity contribution < 1.29 is 9.53 Å². The van der Waals surface area contributed by atoms with Crippen LogP contribution in [-0.2, 0) is 16.0 Å². The smallest absolute Gasteiger partial charge is 0.311 e. The number of carbonyl (C=O) groups excluding carboxylic acids is 1. The average Bonchev–Trinajstić information content (AvgIpc) is 2.64. The third-order valence-electron chi connectivity index (χ3n) is 7.61. The molecule has 144 valence electrons. The number of hydrogen-bond donors (Lipinski definition) is 0. The van der Waals surface area contributed by atoms with Gasteiger partial charge in [0.2, 0.25) is 0 Å². The molecule has 0 bridgehead atoms. The number of aryl methyl sites for hydroxylation is 1. The molecule has 2 fully saturated rings. The number of rotatable bonds is 3. The summed E-state index contributed by atoms with van der Waals surface area (Å²) in [6.45, 7) is 11.0. The molecule has 0 aromatic heterocycles. The lowest BCUT2D eigenvalue weighted by Gasteiger charge is -2.57. The van der Waals surface area contributed by atoms with Crippen LogP contribution in [0.5, 0.6) is 0 Å². The van der Waals surface area contributed by atoms with Crippen LogP contribution >= 0.6 is 0 Å². The van der Waals surface area contributed by atoms with Crippen LogP contribution in [0.1, 0.15) is 62.6 Å². The summed E-state index contributed by atoms with van der Waals surface area (Å²) in [6.07, 6.45) is 5.80. The molecule has 0 saturated heterocycles. The van der Waals surface area contributed by atoms with Crippen LogP contribution in [0.2, 0.25) is 0 Å². The van der Waals surface area contributed by atoms with Gasteiger partial charge in [0.15, 0.2) is 0 Å². The molecule has 0 N–H and O–H groups in total. The molecule has 0 spiro atoms. The Bertz CT molecular complexity index is 805. The molecule has 0 radical (unpaired) electrons. The second kappa shape index (κ2) is 7.15. The van der Waals surface area contributed by atoms with Crippen molar-refractivity contribution in [3.63, 3.8) is 0 Å². The maximum Gasteiger partial charge on any atom is 0.311 e. The number of methoxy groups -OCH3 is 1. The van der Waals surface area contributed by atoms with Crippen LogP contribution in [-0.4, -0.2) is 13.1 Å². The standard InChI is InChI=1S/C24H31NO2/c1-16-8-6-9-18(15-25)19(16)14-20-17(2)10-11-21-23(20,3)12-7-13-24(21,4)22(26)27-5/h6,8-9,20-21H,2,7,10-14H2,1,3-5H3/t20-,21+,23+,24-/m0/s1. The lowest BCUT2D eigenvalue weighted by Crippen LogP contribution is -2.54. The van der Waals surface area contributed by atoms with Gasteiger partial charge in [-0.3, -0.25) is 4.79 Å². The van der Waals surface area contributed by atoms with Crippen LogP contribution in [0.3, 0.4) is 0 Å². The molecule has 0 heterocycles. The number of nitrogens with zero attached hydrogens (tertiary/aromatic N) is 1. The van der Waals surface area contributed by atoms with E-state index >= 15 is 0 Å². The summed E-state index contributed by atoms with van der Waals surface area (Å²) in [5.74, 6) is 0.503. The first-order chi connectivity index (χ1) is 12.8. The van der Waals surface area contributed by atoms with Gasteiger partial charge in [-0.2, -0.15) is 5.26 Å². The van der Waals surface area contributed by atoms with E-state index in [1.165, 1.54) is 18.2 Å². The zero-order chi connectivity index (χ0) is 19.8. The zero-order valence-corrected chi connectivity index (χ0v) is 17.1. The highest BCUT2D eigenvalue weighted by atomic mass is 16.5. The van der Waals surface area contributed by atoms with Gasteiger partial charge in [-0.05, 0) is 80.4 Å². The Morgan fingerprint density at radius 3 is 2.78 bits per heavy atom. The Labute approximate surface area is 163 Å². The molecule has 2 aliphatic carbocycles. The Balaban J connectivity index is 2.02. The first-order valence-corrected chi connectivity index (χ1v) is 10.0. The third-order valence-corrected chi connectivity index (χ3v) is 7.61. The number of benzene rings is 1. The number of carbonyl (C=O) groups is 1. The Hall–Kier alpha value is -2.08. The molecule has 2 saturated carbocycles. The summed E-state index contributed by atoms with van der Waals surface area (Å²) in [5.41, 5.74) is 3.92. The van der Waals surface area contributed by atoms with Crippen LogP contribution < -0.4 is 0 Å². The van der Waals surface area contributed by atoms with Crippen molar-refractivity contribution in [2.24, 2.45) is 22.7 Å². The fourth-order valence-corrected chi connectivity index (χ4v) is 6.09. The van der Waals surface area contributed by atoms with Crippen molar-refractivity contribution in [1.29, 1.82) is 5.26 Å². The Morgan fingerprint density at radius 2 is 2.11 bits per heavy atom. The summed E-state index contributed by atoms with van der Waals surface area (Å²) >= 11 is 0. The van der Waals surface area contributed by atoms with Crippen LogP contribution in [0.4, 0.5) is 0 Å². The minimum absolute atomic E-state index is 0.00549. The van der Waals surface area contributed by atoms with E-state index in [4.69, 9.17) is 4.74 Å². The molecule has 0 amide bonds. The largest absolute Gasteiger partial charge is 0.469 e.